The lowest BCUT2D eigenvalue weighted by Gasteiger charge is -2.37. The van der Waals surface area contributed by atoms with E-state index >= 15 is 0 Å². The predicted octanol–water partition coefficient (Wildman–Crippen LogP) is 3.48. The molecule has 28 heavy (non-hydrogen) atoms. The van der Waals surface area contributed by atoms with Crippen molar-refractivity contribution < 1.29 is 9.53 Å². The average Bonchev–Trinajstić information content (AvgIpc) is 2.96. The molecule has 1 N–H and O–H groups in total. The topological polar surface area (TPSA) is 70.3 Å². The number of hydrogen-bond acceptors (Lipinski definition) is 4. The third-order valence-corrected chi connectivity index (χ3v) is 5.29. The van der Waals surface area contributed by atoms with Gasteiger partial charge in [-0.2, -0.15) is 5.26 Å². The van der Waals surface area contributed by atoms with Crippen LogP contribution in [0.3, 0.4) is 0 Å². The third-order valence-electron chi connectivity index (χ3n) is 4.99. The number of ether oxygens (including phenoxy) is 1. The van der Waals surface area contributed by atoms with Crippen molar-refractivity contribution in [3.8, 4) is 6.07 Å². The summed E-state index contributed by atoms with van der Waals surface area (Å²) in [6.07, 6.45) is 0. The molecule has 0 radical (unpaired) electrons. The maximum absolute atomic E-state index is 12.9. The van der Waals surface area contributed by atoms with Crippen LogP contribution in [0.2, 0.25) is 0 Å². The Labute approximate surface area is 170 Å². The summed E-state index contributed by atoms with van der Waals surface area (Å²) in [5.41, 5.74) is 4.29. The number of rotatable bonds is 4. The van der Waals surface area contributed by atoms with Crippen LogP contribution < -0.4 is 10.2 Å². The van der Waals surface area contributed by atoms with Gasteiger partial charge in [-0.15, -0.1) is 0 Å². The number of benzene rings is 1. The monoisotopic (exact) mass is 394 g/mol. The van der Waals surface area contributed by atoms with Gasteiger partial charge in [-0.1, -0.05) is 18.2 Å². The smallest absolute Gasteiger partial charge is 0.338 e. The van der Waals surface area contributed by atoms with Crippen LogP contribution in [-0.4, -0.2) is 22.3 Å². The molecule has 0 aliphatic carbocycles. The Morgan fingerprint density at radius 1 is 1.32 bits per heavy atom. The lowest BCUT2D eigenvalue weighted by Crippen LogP contribution is -2.48. The number of hydrogen-bond donors (Lipinski definition) is 1. The average molecular weight is 395 g/mol. The van der Waals surface area contributed by atoms with Crippen molar-refractivity contribution in [3.05, 3.63) is 64.6 Å². The van der Waals surface area contributed by atoms with E-state index in [0.717, 1.165) is 16.9 Å². The van der Waals surface area contributed by atoms with Crippen LogP contribution in [0, 0.1) is 18.3 Å². The van der Waals surface area contributed by atoms with E-state index in [0.29, 0.717) is 22.1 Å². The van der Waals surface area contributed by atoms with Gasteiger partial charge in [-0.25, -0.2) is 4.79 Å². The molecule has 0 amide bonds. The summed E-state index contributed by atoms with van der Waals surface area (Å²) in [5, 5.41) is 13.2. The van der Waals surface area contributed by atoms with Gasteiger partial charge in [0.15, 0.2) is 5.11 Å². The molecule has 0 bridgehead atoms. The molecule has 3 rings (SSSR count). The fourth-order valence-corrected chi connectivity index (χ4v) is 3.82. The number of para-hydroxylation sites is 1. The molecule has 0 unspecified atom stereocenters. The third kappa shape index (κ3) is 3.27. The fourth-order valence-electron chi connectivity index (χ4n) is 3.46. The van der Waals surface area contributed by atoms with Gasteiger partial charge in [0.1, 0.15) is 11.8 Å². The van der Waals surface area contributed by atoms with E-state index in [2.05, 4.69) is 11.4 Å². The minimum atomic E-state index is -0.486. The maximum atomic E-state index is 12.9. The first-order valence-electron chi connectivity index (χ1n) is 9.00. The number of carbonyl (C=O) groups is 1. The first kappa shape index (κ1) is 19.6. The number of nitrogens with one attached hydrogen (secondary N) is 1. The van der Waals surface area contributed by atoms with Gasteiger partial charge in [0, 0.05) is 29.7 Å². The van der Waals surface area contributed by atoms with Crippen molar-refractivity contribution in [1.82, 2.24) is 9.88 Å². The molecule has 144 valence electrons. The van der Waals surface area contributed by atoms with Gasteiger partial charge < -0.3 is 14.6 Å². The summed E-state index contributed by atoms with van der Waals surface area (Å²) >= 11 is 5.64. The van der Waals surface area contributed by atoms with Crippen molar-refractivity contribution in [2.75, 3.05) is 11.5 Å². The van der Waals surface area contributed by atoms with Crippen LogP contribution in [-0.2, 0) is 16.6 Å². The highest BCUT2D eigenvalue weighted by molar-refractivity contribution is 7.80. The zero-order valence-corrected chi connectivity index (χ0v) is 17.1. The van der Waals surface area contributed by atoms with E-state index in [1.165, 1.54) is 0 Å². The Morgan fingerprint density at radius 3 is 2.57 bits per heavy atom. The highest BCUT2D eigenvalue weighted by atomic mass is 32.1. The highest BCUT2D eigenvalue weighted by Gasteiger charge is 2.37. The molecule has 1 atom stereocenters. The van der Waals surface area contributed by atoms with Crippen LogP contribution in [0.4, 0.5) is 5.69 Å². The Balaban J connectivity index is 2.19. The Bertz CT molecular complexity index is 1000. The minimum Gasteiger partial charge on any atom is -0.463 e. The molecule has 1 aliphatic rings. The lowest BCUT2D eigenvalue weighted by molar-refractivity contribution is -0.139. The fraction of sp³-hybridized carbons (Fsp3) is 0.286. The van der Waals surface area contributed by atoms with Gasteiger partial charge in [-0.3, -0.25) is 4.90 Å². The summed E-state index contributed by atoms with van der Waals surface area (Å²) in [5.74, 6) is -0.400. The van der Waals surface area contributed by atoms with Gasteiger partial charge in [0.25, 0.3) is 0 Å². The Hall–Kier alpha value is -3.11. The molecule has 0 saturated heterocycles. The lowest BCUT2D eigenvalue weighted by atomic mass is 9.94. The van der Waals surface area contributed by atoms with Crippen molar-refractivity contribution in [2.24, 2.45) is 7.05 Å². The molecule has 2 aromatic rings. The van der Waals surface area contributed by atoms with Crippen molar-refractivity contribution >= 4 is 29.0 Å². The van der Waals surface area contributed by atoms with Crippen LogP contribution in [0.25, 0.3) is 0 Å². The molecule has 0 spiro atoms. The standard InChI is InChI=1S/C21H22N4O2S/c1-5-27-20(26)18-14(3)25(15-9-7-6-8-10-15)21(28)23-19(18)17-11-16(12-22)24(4)13(17)2/h6-11,19H,5H2,1-4H3,(H,23,28)/t19-/m0/s1. The highest BCUT2D eigenvalue weighted by Crippen LogP contribution is 2.36. The molecule has 2 heterocycles. The van der Waals surface area contributed by atoms with E-state index in [1.807, 2.05) is 60.7 Å². The van der Waals surface area contributed by atoms with E-state index in [9.17, 15) is 10.1 Å². The van der Waals surface area contributed by atoms with Crippen LogP contribution in [0.1, 0.15) is 36.8 Å². The van der Waals surface area contributed by atoms with E-state index in [1.54, 1.807) is 13.0 Å². The van der Waals surface area contributed by atoms with Gasteiger partial charge in [0.2, 0.25) is 0 Å². The molecule has 1 aliphatic heterocycles. The van der Waals surface area contributed by atoms with E-state index in [-0.39, 0.29) is 6.61 Å². The van der Waals surface area contributed by atoms with Crippen LogP contribution in [0.15, 0.2) is 47.7 Å². The largest absolute Gasteiger partial charge is 0.463 e. The van der Waals surface area contributed by atoms with Gasteiger partial charge in [-0.05, 0) is 51.2 Å². The second-order valence-corrected chi connectivity index (χ2v) is 6.90. The molecule has 7 heteroatoms. The van der Waals surface area contributed by atoms with E-state index < -0.39 is 12.0 Å². The molecule has 0 saturated carbocycles. The second-order valence-electron chi connectivity index (χ2n) is 6.51. The molecular formula is C21H22N4O2S. The maximum Gasteiger partial charge on any atom is 0.338 e. The summed E-state index contributed by atoms with van der Waals surface area (Å²) < 4.78 is 7.15. The van der Waals surface area contributed by atoms with Gasteiger partial charge in [0.05, 0.1) is 18.2 Å². The normalized spacial score (nSPS) is 16.6. The summed E-state index contributed by atoms with van der Waals surface area (Å²) in [6.45, 7) is 5.83. The minimum absolute atomic E-state index is 0.273. The number of carbonyl (C=O) groups excluding carboxylic acids is 1. The number of nitriles is 1. The second kappa shape index (κ2) is 7.87. The zero-order chi connectivity index (χ0) is 20.4. The number of aromatic nitrogens is 1. The molecule has 1 aromatic carbocycles. The quantitative estimate of drug-likeness (QED) is 0.632. The van der Waals surface area contributed by atoms with Gasteiger partial charge >= 0.3 is 5.97 Å². The number of nitrogens with zero attached hydrogens (tertiary/aromatic N) is 3. The van der Waals surface area contributed by atoms with Crippen molar-refractivity contribution in [1.29, 1.82) is 5.26 Å². The number of esters is 1. The number of anilines is 1. The first-order valence-corrected chi connectivity index (χ1v) is 9.41. The Kier molecular flexibility index (Phi) is 5.52. The zero-order valence-electron chi connectivity index (χ0n) is 16.3. The first-order chi connectivity index (χ1) is 13.4. The summed E-state index contributed by atoms with van der Waals surface area (Å²) in [7, 11) is 1.83. The SMILES string of the molecule is CCOC(=O)C1=C(C)N(c2ccccc2)C(=S)N[C@H]1c1cc(C#N)n(C)c1C. The molecule has 6 nitrogen and oxygen atoms in total. The van der Waals surface area contributed by atoms with Crippen molar-refractivity contribution in [2.45, 2.75) is 26.8 Å². The number of allylic oxidation sites excluding steroid dienone is 1. The Morgan fingerprint density at radius 2 is 2.00 bits per heavy atom. The number of thiocarbonyl (C=S) groups is 1. The predicted molar refractivity (Wildman–Crippen MR) is 112 cm³/mol. The summed E-state index contributed by atoms with van der Waals surface area (Å²) in [6, 6.07) is 13.1. The summed E-state index contributed by atoms with van der Waals surface area (Å²) in [4.78, 5) is 14.7. The molecule has 0 fully saturated rings. The van der Waals surface area contributed by atoms with Crippen LogP contribution in [0.5, 0.6) is 0 Å². The molecule has 1 aromatic heterocycles. The van der Waals surface area contributed by atoms with Crippen molar-refractivity contribution in [3.63, 3.8) is 0 Å². The van der Waals surface area contributed by atoms with E-state index in [4.69, 9.17) is 17.0 Å². The molecular weight excluding hydrogens is 372 g/mol. The van der Waals surface area contributed by atoms with Crippen LogP contribution >= 0.6 is 12.2 Å².